The third-order valence-electron chi connectivity index (χ3n) is 2.82. The Labute approximate surface area is 137 Å². The number of carbonyl (C=O) groups is 2. The first-order valence-corrected chi connectivity index (χ1v) is 8.37. The molecule has 0 bridgehead atoms. The Hall–Kier alpha value is -1.99. The largest absolute Gasteiger partial charge is 0.497 e. The van der Waals surface area contributed by atoms with Crippen molar-refractivity contribution in [3.05, 3.63) is 41.3 Å². The van der Waals surface area contributed by atoms with Gasteiger partial charge in [-0.05, 0) is 35.7 Å². The predicted molar refractivity (Wildman–Crippen MR) is 90.1 cm³/mol. The van der Waals surface area contributed by atoms with Crippen molar-refractivity contribution in [1.29, 1.82) is 0 Å². The monoisotopic (exact) mass is 336 g/mol. The zero-order valence-corrected chi connectivity index (χ0v) is 13.8. The molecular formula is C15H16N2O3S2. The zero-order valence-electron chi connectivity index (χ0n) is 12.2. The van der Waals surface area contributed by atoms with Gasteiger partial charge in [-0.1, -0.05) is 0 Å². The Kier molecular flexibility index (Phi) is 5.85. The summed E-state index contributed by atoms with van der Waals surface area (Å²) in [6.45, 7) is 0. The number of ether oxygens (including phenoxy) is 1. The normalized spacial score (nSPS) is 10.1. The lowest BCUT2D eigenvalue weighted by molar-refractivity contribution is -0.113. The maximum Gasteiger partial charge on any atom is 0.254 e. The number of methoxy groups -OCH3 is 1. The van der Waals surface area contributed by atoms with Crippen molar-refractivity contribution < 1.29 is 14.3 Å². The van der Waals surface area contributed by atoms with Gasteiger partial charge in [0.05, 0.1) is 18.4 Å². The topological polar surface area (TPSA) is 67.4 Å². The first-order chi connectivity index (χ1) is 10.6. The molecule has 22 heavy (non-hydrogen) atoms. The summed E-state index contributed by atoms with van der Waals surface area (Å²) in [4.78, 5) is 24.6. The molecule has 0 atom stereocenters. The molecule has 2 aromatic rings. The molecule has 0 spiro atoms. The summed E-state index contributed by atoms with van der Waals surface area (Å²) in [5.41, 5.74) is 0.482. The Balaban J connectivity index is 1.90. The second kappa shape index (κ2) is 7.86. The second-order valence-electron chi connectivity index (χ2n) is 4.25. The van der Waals surface area contributed by atoms with Crippen LogP contribution in [0.1, 0.15) is 10.4 Å². The van der Waals surface area contributed by atoms with Crippen LogP contribution in [0.3, 0.4) is 0 Å². The van der Waals surface area contributed by atoms with E-state index < -0.39 is 0 Å². The molecule has 7 heteroatoms. The summed E-state index contributed by atoms with van der Waals surface area (Å²) >= 11 is 2.76. The van der Waals surface area contributed by atoms with Gasteiger partial charge in [0.1, 0.15) is 10.8 Å². The number of thiophene rings is 1. The minimum Gasteiger partial charge on any atom is -0.497 e. The molecule has 1 aromatic carbocycles. The Morgan fingerprint density at radius 1 is 1.23 bits per heavy atom. The van der Waals surface area contributed by atoms with Crippen molar-refractivity contribution in [2.24, 2.45) is 0 Å². The van der Waals surface area contributed by atoms with Gasteiger partial charge in [-0.2, -0.15) is 0 Å². The summed E-state index contributed by atoms with van der Waals surface area (Å²) in [5.74, 6) is 0.701. The number of anilines is 1. The van der Waals surface area contributed by atoms with E-state index in [1.807, 2.05) is 24.3 Å². The van der Waals surface area contributed by atoms with Crippen molar-refractivity contribution >= 4 is 39.9 Å². The van der Waals surface area contributed by atoms with Crippen molar-refractivity contribution in [1.82, 2.24) is 5.32 Å². The van der Waals surface area contributed by atoms with Gasteiger partial charge in [0, 0.05) is 11.9 Å². The van der Waals surface area contributed by atoms with Gasteiger partial charge >= 0.3 is 0 Å². The maximum atomic E-state index is 12.0. The quantitative estimate of drug-likeness (QED) is 0.796. The molecular weight excluding hydrogens is 320 g/mol. The smallest absolute Gasteiger partial charge is 0.254 e. The van der Waals surface area contributed by atoms with Crippen LogP contribution in [0, 0.1) is 0 Å². The molecule has 0 radical (unpaired) electrons. The average molecular weight is 336 g/mol. The Morgan fingerprint density at radius 3 is 2.59 bits per heavy atom. The van der Waals surface area contributed by atoms with Crippen LogP contribution in [0.15, 0.2) is 40.6 Å². The highest BCUT2D eigenvalue weighted by molar-refractivity contribution is 8.00. The van der Waals surface area contributed by atoms with Crippen LogP contribution in [0.25, 0.3) is 0 Å². The molecule has 0 fully saturated rings. The number of hydrogen-bond donors (Lipinski definition) is 2. The highest BCUT2D eigenvalue weighted by atomic mass is 32.2. The van der Waals surface area contributed by atoms with Crippen LogP contribution in [0.4, 0.5) is 5.00 Å². The number of amides is 2. The summed E-state index contributed by atoms with van der Waals surface area (Å²) in [6.07, 6.45) is 0. The van der Waals surface area contributed by atoms with Gasteiger partial charge in [-0.3, -0.25) is 9.59 Å². The Morgan fingerprint density at radius 2 is 1.95 bits per heavy atom. The molecule has 1 heterocycles. The minimum atomic E-state index is -0.209. The van der Waals surface area contributed by atoms with E-state index in [0.29, 0.717) is 10.6 Å². The van der Waals surface area contributed by atoms with Crippen molar-refractivity contribution in [3.8, 4) is 5.75 Å². The van der Waals surface area contributed by atoms with Crippen molar-refractivity contribution in [3.63, 3.8) is 0 Å². The molecule has 0 saturated carbocycles. The van der Waals surface area contributed by atoms with Gasteiger partial charge in [0.2, 0.25) is 5.91 Å². The first kappa shape index (κ1) is 16.4. The van der Waals surface area contributed by atoms with Gasteiger partial charge < -0.3 is 15.4 Å². The molecule has 0 aliphatic carbocycles. The summed E-state index contributed by atoms with van der Waals surface area (Å²) in [6, 6.07) is 9.19. The maximum absolute atomic E-state index is 12.0. The molecule has 1 aromatic heterocycles. The molecule has 116 valence electrons. The fourth-order valence-electron chi connectivity index (χ4n) is 1.70. The van der Waals surface area contributed by atoms with E-state index in [-0.39, 0.29) is 17.6 Å². The lowest BCUT2D eigenvalue weighted by Gasteiger charge is -2.06. The molecule has 2 N–H and O–H groups in total. The minimum absolute atomic E-state index is 0.145. The first-order valence-electron chi connectivity index (χ1n) is 6.50. The van der Waals surface area contributed by atoms with Crippen LogP contribution >= 0.6 is 23.1 Å². The van der Waals surface area contributed by atoms with Gasteiger partial charge in [0.25, 0.3) is 5.91 Å². The second-order valence-corrected chi connectivity index (χ2v) is 6.22. The number of thioether (sulfide) groups is 1. The van der Waals surface area contributed by atoms with Crippen LogP contribution in [-0.4, -0.2) is 31.7 Å². The third kappa shape index (κ3) is 4.25. The van der Waals surface area contributed by atoms with Crippen molar-refractivity contribution in [2.75, 3.05) is 25.2 Å². The highest BCUT2D eigenvalue weighted by Gasteiger charge is 2.13. The van der Waals surface area contributed by atoms with Crippen molar-refractivity contribution in [2.45, 2.75) is 4.90 Å². The van der Waals surface area contributed by atoms with E-state index in [2.05, 4.69) is 10.6 Å². The highest BCUT2D eigenvalue weighted by Crippen LogP contribution is 2.25. The number of benzene rings is 1. The summed E-state index contributed by atoms with van der Waals surface area (Å²) in [7, 11) is 3.17. The molecule has 0 aliphatic rings. The third-order valence-corrected chi connectivity index (χ3v) is 4.66. The van der Waals surface area contributed by atoms with E-state index in [9.17, 15) is 9.59 Å². The SMILES string of the molecule is CNC(=O)c1ccsc1NC(=O)CSc1ccc(OC)cc1. The molecule has 0 unspecified atom stereocenters. The lowest BCUT2D eigenvalue weighted by Crippen LogP contribution is -2.20. The number of carbonyl (C=O) groups excluding carboxylic acids is 2. The van der Waals surface area contributed by atoms with Crippen LogP contribution in [0.2, 0.25) is 0 Å². The Bertz CT molecular complexity index is 653. The zero-order chi connectivity index (χ0) is 15.9. The number of nitrogens with one attached hydrogen (secondary N) is 2. The fourth-order valence-corrected chi connectivity index (χ4v) is 3.20. The predicted octanol–water partition coefficient (Wildman–Crippen LogP) is 2.85. The molecule has 5 nitrogen and oxygen atoms in total. The van der Waals surface area contributed by atoms with Gasteiger partial charge in [0.15, 0.2) is 0 Å². The lowest BCUT2D eigenvalue weighted by atomic mass is 10.3. The number of rotatable bonds is 6. The van der Waals surface area contributed by atoms with E-state index in [0.717, 1.165) is 10.6 Å². The van der Waals surface area contributed by atoms with E-state index >= 15 is 0 Å². The molecule has 0 aliphatic heterocycles. The standard InChI is InChI=1S/C15H16N2O3S2/c1-16-14(19)12-7-8-21-15(12)17-13(18)9-22-11-5-3-10(20-2)4-6-11/h3-8H,9H2,1-2H3,(H,16,19)(H,17,18). The van der Waals surface area contributed by atoms with E-state index in [4.69, 9.17) is 4.74 Å². The number of hydrogen-bond acceptors (Lipinski definition) is 5. The van der Waals surface area contributed by atoms with Crippen LogP contribution < -0.4 is 15.4 Å². The van der Waals surface area contributed by atoms with Gasteiger partial charge in [-0.15, -0.1) is 23.1 Å². The van der Waals surface area contributed by atoms with Crippen LogP contribution in [-0.2, 0) is 4.79 Å². The summed E-state index contributed by atoms with van der Waals surface area (Å²) in [5, 5.41) is 7.66. The molecule has 2 amide bonds. The van der Waals surface area contributed by atoms with Gasteiger partial charge in [-0.25, -0.2) is 0 Å². The van der Waals surface area contributed by atoms with E-state index in [1.54, 1.807) is 25.6 Å². The summed E-state index contributed by atoms with van der Waals surface area (Å²) < 4.78 is 5.09. The molecule has 2 rings (SSSR count). The van der Waals surface area contributed by atoms with Crippen LogP contribution in [0.5, 0.6) is 5.75 Å². The molecule has 0 saturated heterocycles. The fraction of sp³-hybridized carbons (Fsp3) is 0.200. The van der Waals surface area contributed by atoms with E-state index in [1.165, 1.54) is 23.1 Å². The average Bonchev–Trinajstić information content (AvgIpc) is 3.00.